The van der Waals surface area contributed by atoms with Gasteiger partial charge in [0.2, 0.25) is 5.84 Å². The number of para-hydroxylation sites is 1. The molecule has 0 amide bonds. The maximum absolute atomic E-state index is 8.88. The fourth-order valence-electron chi connectivity index (χ4n) is 3.09. The number of nitrogens with one attached hydrogen (secondary N) is 1. The van der Waals surface area contributed by atoms with Gasteiger partial charge in [0, 0.05) is 6.07 Å². The second kappa shape index (κ2) is 7.25. The van der Waals surface area contributed by atoms with Gasteiger partial charge in [0.25, 0.3) is 5.84 Å². The lowest BCUT2D eigenvalue weighted by atomic mass is 10.0. The number of hydrogen-bond acceptors (Lipinski definition) is 1. The molecule has 26 heavy (non-hydrogen) atoms. The van der Waals surface area contributed by atoms with Crippen molar-refractivity contribution in [3.63, 3.8) is 0 Å². The maximum atomic E-state index is 8.88. The molecule has 0 aliphatic rings. The lowest BCUT2D eigenvalue weighted by molar-refractivity contribution is -0.308. The summed E-state index contributed by atoms with van der Waals surface area (Å²) in [6, 6.07) is 25.4. The van der Waals surface area contributed by atoms with Crippen molar-refractivity contribution in [3.8, 4) is 0 Å². The molecular formula is C23H22N3+. The number of amidine groups is 2. The highest BCUT2D eigenvalue weighted by molar-refractivity contribution is 6.03. The predicted molar refractivity (Wildman–Crippen MR) is 106 cm³/mol. The second-order valence-electron chi connectivity index (χ2n) is 6.35. The van der Waals surface area contributed by atoms with Crippen molar-refractivity contribution < 1.29 is 4.58 Å². The first-order valence-electron chi connectivity index (χ1n) is 8.52. The van der Waals surface area contributed by atoms with Crippen LogP contribution in [-0.4, -0.2) is 16.2 Å². The summed E-state index contributed by atoms with van der Waals surface area (Å²) < 4.78 is 1.83. The average molecular weight is 340 g/mol. The van der Waals surface area contributed by atoms with E-state index in [0.29, 0.717) is 11.7 Å². The molecule has 0 atom stereocenters. The Hall–Kier alpha value is -3.38. The number of nitrogens with zero attached hydrogens (tertiary/aromatic N) is 1. The van der Waals surface area contributed by atoms with Crippen molar-refractivity contribution >= 4 is 17.4 Å². The molecular weight excluding hydrogens is 318 g/mol. The van der Waals surface area contributed by atoms with Gasteiger partial charge in [-0.05, 0) is 55.7 Å². The zero-order valence-electron chi connectivity index (χ0n) is 15.3. The van der Waals surface area contributed by atoms with Gasteiger partial charge in [0.1, 0.15) is 5.69 Å². The van der Waals surface area contributed by atoms with Crippen molar-refractivity contribution in [2.45, 2.75) is 20.8 Å². The summed E-state index contributed by atoms with van der Waals surface area (Å²) in [4.78, 5) is 0. The first-order chi connectivity index (χ1) is 12.5. The third-order valence-corrected chi connectivity index (χ3v) is 4.46. The van der Waals surface area contributed by atoms with Gasteiger partial charge in [-0.15, -0.1) is 0 Å². The van der Waals surface area contributed by atoms with Gasteiger partial charge < -0.3 is 5.73 Å². The van der Waals surface area contributed by atoms with E-state index < -0.39 is 0 Å². The molecule has 0 aromatic heterocycles. The standard InChI is InChI=1S/C23H21N3/c1-16-10-7-8-15-20(16)23(25)26(21-17(2)11-9-12-18(21)3)22(24)19-13-5-4-6-14-19/h4-6,9-15,24-25H,1-3H3/p+1. The molecule has 3 N–H and O–H groups in total. The highest BCUT2D eigenvalue weighted by Crippen LogP contribution is 2.25. The lowest BCUT2D eigenvalue weighted by Crippen LogP contribution is -2.32. The Morgan fingerprint density at radius 3 is 2.08 bits per heavy atom. The number of rotatable bonds is 3. The summed E-state index contributed by atoms with van der Waals surface area (Å²) >= 11 is 0. The smallest absolute Gasteiger partial charge is 0.266 e. The van der Waals surface area contributed by atoms with E-state index >= 15 is 0 Å². The van der Waals surface area contributed by atoms with Crippen molar-refractivity contribution in [3.05, 3.63) is 101 Å². The summed E-state index contributed by atoms with van der Waals surface area (Å²) in [6.07, 6.45) is 0. The third-order valence-electron chi connectivity index (χ3n) is 4.46. The van der Waals surface area contributed by atoms with E-state index in [4.69, 9.17) is 11.1 Å². The number of hydrogen-bond donors (Lipinski definition) is 2. The molecule has 128 valence electrons. The zero-order chi connectivity index (χ0) is 18.7. The molecule has 0 unspecified atom stereocenters. The Morgan fingerprint density at radius 2 is 1.46 bits per heavy atom. The van der Waals surface area contributed by atoms with E-state index in [0.717, 1.165) is 33.5 Å². The van der Waals surface area contributed by atoms with Crippen molar-refractivity contribution in [1.82, 2.24) is 0 Å². The molecule has 0 spiro atoms. The molecule has 0 radical (unpaired) electrons. The van der Waals surface area contributed by atoms with Crippen LogP contribution in [0.2, 0.25) is 0 Å². The Labute approximate surface area is 155 Å². The Bertz CT molecular complexity index is 965. The molecule has 0 saturated heterocycles. The molecule has 3 nitrogen and oxygen atoms in total. The first-order valence-corrected chi connectivity index (χ1v) is 8.52. The summed E-state index contributed by atoms with van der Waals surface area (Å²) in [5.74, 6) is 0.853. The molecule has 3 aromatic carbocycles. The maximum Gasteiger partial charge on any atom is 0.266 e. The van der Waals surface area contributed by atoms with E-state index in [1.807, 2.05) is 86.0 Å². The normalized spacial score (nSPS) is 11.5. The van der Waals surface area contributed by atoms with Gasteiger partial charge in [0.05, 0.1) is 11.1 Å². The van der Waals surface area contributed by atoms with Crippen LogP contribution in [0.5, 0.6) is 0 Å². The minimum absolute atomic E-state index is 0.340. The summed E-state index contributed by atoms with van der Waals surface area (Å²) in [7, 11) is 0. The second-order valence-corrected chi connectivity index (χ2v) is 6.35. The zero-order valence-corrected chi connectivity index (χ0v) is 15.3. The number of aryl methyl sites for hydroxylation is 3. The molecule has 0 heterocycles. The third kappa shape index (κ3) is 3.22. The Kier molecular flexibility index (Phi) is 4.86. The van der Waals surface area contributed by atoms with E-state index in [-0.39, 0.29) is 0 Å². The molecule has 0 aliphatic carbocycles. The van der Waals surface area contributed by atoms with Crippen LogP contribution in [0.1, 0.15) is 27.8 Å². The highest BCUT2D eigenvalue weighted by Gasteiger charge is 2.23. The van der Waals surface area contributed by atoms with Crippen LogP contribution in [0, 0.1) is 38.3 Å². The fourth-order valence-corrected chi connectivity index (χ4v) is 3.09. The fraction of sp³-hybridized carbons (Fsp3) is 0.130. The first kappa shape index (κ1) is 17.4. The van der Waals surface area contributed by atoms with E-state index in [1.165, 1.54) is 0 Å². The molecule has 0 aliphatic heterocycles. The minimum Gasteiger partial charge on any atom is -0.318 e. The molecule has 0 fully saturated rings. The van der Waals surface area contributed by atoms with Gasteiger partial charge in [-0.1, -0.05) is 48.5 Å². The average Bonchev–Trinajstić information content (AvgIpc) is 2.65. The molecule has 3 rings (SSSR count). The van der Waals surface area contributed by atoms with E-state index in [9.17, 15) is 0 Å². The van der Waals surface area contributed by atoms with Crippen LogP contribution >= 0.6 is 0 Å². The van der Waals surface area contributed by atoms with Gasteiger partial charge in [0.15, 0.2) is 0 Å². The van der Waals surface area contributed by atoms with E-state index in [2.05, 4.69) is 12.1 Å². The lowest BCUT2D eigenvalue weighted by Gasteiger charge is -2.16. The van der Waals surface area contributed by atoms with E-state index in [1.54, 1.807) is 0 Å². The summed E-state index contributed by atoms with van der Waals surface area (Å²) in [5.41, 5.74) is 12.3. The van der Waals surface area contributed by atoms with Crippen LogP contribution in [0.15, 0.2) is 60.7 Å². The van der Waals surface area contributed by atoms with Gasteiger partial charge in [-0.25, -0.2) is 0 Å². The topological polar surface area (TPSA) is 52.9 Å². The largest absolute Gasteiger partial charge is 0.318 e. The predicted octanol–water partition coefficient (Wildman–Crippen LogP) is 4.29. The number of nitrogens with two attached hydrogens (primary N) is 1. The van der Waals surface area contributed by atoms with Crippen molar-refractivity contribution in [2.24, 2.45) is 5.73 Å². The van der Waals surface area contributed by atoms with Gasteiger partial charge >= 0.3 is 0 Å². The molecule has 3 aromatic rings. The molecule has 0 bridgehead atoms. The van der Waals surface area contributed by atoms with Crippen LogP contribution < -0.4 is 5.73 Å². The highest BCUT2D eigenvalue weighted by atomic mass is 15.1. The minimum atomic E-state index is 0.340. The summed E-state index contributed by atoms with van der Waals surface area (Å²) in [6.45, 7) is 6.07. The van der Waals surface area contributed by atoms with Crippen LogP contribution in [-0.2, 0) is 0 Å². The van der Waals surface area contributed by atoms with Crippen LogP contribution in [0.3, 0.4) is 0 Å². The quantitative estimate of drug-likeness (QED) is 0.417. The summed E-state index contributed by atoms with van der Waals surface area (Å²) in [5, 5.41) is 8.88. The molecule has 0 saturated carbocycles. The van der Waals surface area contributed by atoms with Gasteiger partial charge in [-0.2, -0.15) is 9.98 Å². The monoisotopic (exact) mass is 340 g/mol. The van der Waals surface area contributed by atoms with Crippen molar-refractivity contribution in [1.29, 1.82) is 5.41 Å². The van der Waals surface area contributed by atoms with Crippen LogP contribution in [0.25, 0.3) is 0 Å². The van der Waals surface area contributed by atoms with Crippen molar-refractivity contribution in [2.75, 3.05) is 0 Å². The molecule has 3 heteroatoms. The van der Waals surface area contributed by atoms with Gasteiger partial charge in [-0.3, -0.25) is 0 Å². The Balaban J connectivity index is 2.32. The van der Waals surface area contributed by atoms with Crippen LogP contribution in [0.4, 0.5) is 5.69 Å². The SMILES string of the molecule is Cc1cc#ccc1C(N)=[N+](C(=N)c1ccccc1)c1c(C)cccc1C. The number of benzene rings is 2. The Morgan fingerprint density at radius 1 is 0.846 bits per heavy atom.